The molecule has 0 radical (unpaired) electrons. The molecule has 0 aromatic heterocycles. The third-order valence-corrected chi connectivity index (χ3v) is 4.52. The van der Waals surface area contributed by atoms with Gasteiger partial charge in [0.05, 0.1) is 12.7 Å². The molecular weight excluding hydrogens is 316 g/mol. The van der Waals surface area contributed by atoms with Crippen LogP contribution in [-0.2, 0) is 16.1 Å². The third kappa shape index (κ3) is 4.06. The number of hydrogen-bond donors (Lipinski definition) is 1. The molecule has 2 aromatic rings. The Morgan fingerprint density at radius 2 is 1.88 bits per heavy atom. The van der Waals surface area contributed by atoms with Crippen molar-refractivity contribution >= 4 is 11.9 Å². The van der Waals surface area contributed by atoms with Gasteiger partial charge in [0.1, 0.15) is 0 Å². The summed E-state index contributed by atoms with van der Waals surface area (Å²) in [7, 11) is 1.39. The van der Waals surface area contributed by atoms with Crippen LogP contribution in [0.2, 0.25) is 0 Å². The van der Waals surface area contributed by atoms with E-state index in [4.69, 9.17) is 4.74 Å². The molecule has 2 aromatic carbocycles. The Kier molecular flexibility index (Phi) is 5.46. The molecule has 1 N–H and O–H groups in total. The van der Waals surface area contributed by atoms with Crippen LogP contribution in [0.1, 0.15) is 33.9 Å². The summed E-state index contributed by atoms with van der Waals surface area (Å²) in [5.41, 5.74) is 2.58. The maximum Gasteiger partial charge on any atom is 0.338 e. The molecule has 1 saturated heterocycles. The van der Waals surface area contributed by atoms with Crippen LogP contribution < -0.4 is 5.32 Å². The summed E-state index contributed by atoms with van der Waals surface area (Å²) in [6.07, 6.45) is 0.407. The van der Waals surface area contributed by atoms with Crippen LogP contribution in [-0.4, -0.2) is 37.0 Å². The lowest BCUT2D eigenvalue weighted by atomic mass is 10.00. The number of hydrogen-bond acceptors (Lipinski definition) is 4. The highest BCUT2D eigenvalue weighted by Gasteiger charge is 2.27. The highest BCUT2D eigenvalue weighted by Crippen LogP contribution is 2.28. The molecule has 0 aliphatic carbocycles. The van der Waals surface area contributed by atoms with E-state index in [2.05, 4.69) is 10.2 Å². The zero-order valence-corrected chi connectivity index (χ0v) is 14.3. The lowest BCUT2D eigenvalue weighted by Crippen LogP contribution is -2.31. The maximum absolute atomic E-state index is 12.1. The summed E-state index contributed by atoms with van der Waals surface area (Å²) < 4.78 is 4.90. The van der Waals surface area contributed by atoms with Crippen molar-refractivity contribution in [1.82, 2.24) is 10.2 Å². The number of amides is 1. The van der Waals surface area contributed by atoms with Crippen LogP contribution in [0.4, 0.5) is 0 Å². The fourth-order valence-corrected chi connectivity index (χ4v) is 3.25. The van der Waals surface area contributed by atoms with E-state index < -0.39 is 0 Å². The fourth-order valence-electron chi connectivity index (χ4n) is 3.25. The lowest BCUT2D eigenvalue weighted by molar-refractivity contribution is -0.121. The molecule has 0 spiro atoms. The van der Waals surface area contributed by atoms with Crippen molar-refractivity contribution in [2.75, 3.05) is 20.2 Å². The van der Waals surface area contributed by atoms with Gasteiger partial charge in [0.2, 0.25) is 5.91 Å². The van der Waals surface area contributed by atoms with E-state index in [-0.39, 0.29) is 17.9 Å². The molecule has 5 nitrogen and oxygen atoms in total. The van der Waals surface area contributed by atoms with Gasteiger partial charge in [0.15, 0.2) is 0 Å². The second kappa shape index (κ2) is 7.94. The van der Waals surface area contributed by atoms with Gasteiger partial charge in [-0.1, -0.05) is 48.5 Å². The first-order valence-corrected chi connectivity index (χ1v) is 8.41. The van der Waals surface area contributed by atoms with Crippen molar-refractivity contribution in [2.24, 2.45) is 0 Å². The zero-order valence-electron chi connectivity index (χ0n) is 14.3. The van der Waals surface area contributed by atoms with Gasteiger partial charge in [0.25, 0.3) is 0 Å². The highest BCUT2D eigenvalue weighted by atomic mass is 16.5. The van der Waals surface area contributed by atoms with Crippen molar-refractivity contribution in [3.63, 3.8) is 0 Å². The van der Waals surface area contributed by atoms with E-state index in [1.54, 1.807) is 6.07 Å². The Balaban J connectivity index is 1.91. The smallest absolute Gasteiger partial charge is 0.338 e. The van der Waals surface area contributed by atoms with Crippen molar-refractivity contribution in [3.8, 4) is 0 Å². The largest absolute Gasteiger partial charge is 0.465 e. The van der Waals surface area contributed by atoms with Gasteiger partial charge < -0.3 is 10.1 Å². The molecule has 1 heterocycles. The first-order chi connectivity index (χ1) is 12.2. The van der Waals surface area contributed by atoms with Gasteiger partial charge in [-0.25, -0.2) is 4.79 Å². The number of nitrogens with one attached hydrogen (secondary N) is 1. The van der Waals surface area contributed by atoms with Gasteiger partial charge in [-0.05, 0) is 17.2 Å². The number of rotatable bonds is 4. The van der Waals surface area contributed by atoms with E-state index in [0.29, 0.717) is 25.1 Å². The minimum absolute atomic E-state index is 0.0191. The van der Waals surface area contributed by atoms with E-state index in [1.165, 1.54) is 7.11 Å². The molecule has 0 saturated carbocycles. The molecule has 1 fully saturated rings. The first kappa shape index (κ1) is 17.2. The van der Waals surface area contributed by atoms with E-state index in [0.717, 1.165) is 17.7 Å². The van der Waals surface area contributed by atoms with Crippen molar-refractivity contribution in [3.05, 3.63) is 71.3 Å². The number of ether oxygens (including phenoxy) is 1. The number of carbonyl (C=O) groups excluding carboxylic acids is 2. The minimum atomic E-state index is -0.337. The standard InChI is InChI=1S/C20H22N2O3/c1-25-20(24)17-10-6-5-9-16(17)14-22-12-11-21-19(23)13-18(22)15-7-3-2-4-8-15/h2-10,18H,11-14H2,1H3,(H,21,23)/t18-/m1/s1. The average molecular weight is 338 g/mol. The number of nitrogens with zero attached hydrogens (tertiary/aromatic N) is 1. The first-order valence-electron chi connectivity index (χ1n) is 8.41. The summed E-state index contributed by atoms with van der Waals surface area (Å²) in [5.74, 6) is -0.284. The third-order valence-electron chi connectivity index (χ3n) is 4.52. The molecule has 0 bridgehead atoms. The molecule has 1 amide bonds. The molecule has 25 heavy (non-hydrogen) atoms. The topological polar surface area (TPSA) is 58.6 Å². The van der Waals surface area contributed by atoms with Gasteiger partial charge >= 0.3 is 5.97 Å². The summed E-state index contributed by atoms with van der Waals surface area (Å²) in [4.78, 5) is 26.4. The molecular formula is C20H22N2O3. The van der Waals surface area contributed by atoms with Crippen LogP contribution in [0.15, 0.2) is 54.6 Å². The second-order valence-corrected chi connectivity index (χ2v) is 6.10. The summed E-state index contributed by atoms with van der Waals surface area (Å²) in [5, 5.41) is 2.94. The van der Waals surface area contributed by atoms with E-state index in [1.807, 2.05) is 48.5 Å². The minimum Gasteiger partial charge on any atom is -0.465 e. The highest BCUT2D eigenvalue weighted by molar-refractivity contribution is 5.91. The van der Waals surface area contributed by atoms with Crippen LogP contribution in [0.3, 0.4) is 0 Å². The lowest BCUT2D eigenvalue weighted by Gasteiger charge is -2.30. The zero-order chi connectivity index (χ0) is 17.6. The predicted octanol–water partition coefficient (Wildman–Crippen LogP) is 2.54. The quantitative estimate of drug-likeness (QED) is 0.871. The molecule has 1 aliphatic rings. The van der Waals surface area contributed by atoms with Gasteiger partial charge in [-0.3, -0.25) is 9.69 Å². The molecule has 5 heteroatoms. The normalized spacial score (nSPS) is 18.3. The van der Waals surface area contributed by atoms with Crippen LogP contribution in [0, 0.1) is 0 Å². The summed E-state index contributed by atoms with van der Waals surface area (Å²) >= 11 is 0. The van der Waals surface area contributed by atoms with Crippen molar-refractivity contribution in [1.29, 1.82) is 0 Å². The Bertz CT molecular complexity index is 746. The monoisotopic (exact) mass is 338 g/mol. The van der Waals surface area contributed by atoms with Crippen LogP contribution >= 0.6 is 0 Å². The average Bonchev–Trinajstić information content (AvgIpc) is 2.83. The Hall–Kier alpha value is -2.66. The SMILES string of the molecule is COC(=O)c1ccccc1CN1CCNC(=O)C[C@@H]1c1ccccc1. The van der Waals surface area contributed by atoms with E-state index in [9.17, 15) is 9.59 Å². The molecule has 3 rings (SSSR count). The summed E-state index contributed by atoms with van der Waals surface area (Å²) in [6.45, 7) is 1.91. The Morgan fingerprint density at radius 3 is 2.64 bits per heavy atom. The Labute approximate surface area is 147 Å². The second-order valence-electron chi connectivity index (χ2n) is 6.10. The van der Waals surface area contributed by atoms with Crippen LogP contribution in [0.5, 0.6) is 0 Å². The van der Waals surface area contributed by atoms with Gasteiger partial charge in [-0.2, -0.15) is 0 Å². The van der Waals surface area contributed by atoms with Crippen LogP contribution in [0.25, 0.3) is 0 Å². The molecule has 0 unspecified atom stereocenters. The van der Waals surface area contributed by atoms with Crippen molar-refractivity contribution < 1.29 is 14.3 Å². The fraction of sp³-hybridized carbons (Fsp3) is 0.300. The number of esters is 1. The molecule has 1 aliphatic heterocycles. The Morgan fingerprint density at radius 1 is 1.16 bits per heavy atom. The van der Waals surface area contributed by atoms with Gasteiger partial charge in [0, 0.05) is 32.1 Å². The molecule has 130 valence electrons. The predicted molar refractivity (Wildman–Crippen MR) is 95.0 cm³/mol. The number of methoxy groups -OCH3 is 1. The van der Waals surface area contributed by atoms with Crippen molar-refractivity contribution in [2.45, 2.75) is 19.0 Å². The molecule has 1 atom stereocenters. The summed E-state index contributed by atoms with van der Waals surface area (Å²) in [6, 6.07) is 17.5. The van der Waals surface area contributed by atoms with Gasteiger partial charge in [-0.15, -0.1) is 0 Å². The van der Waals surface area contributed by atoms with E-state index >= 15 is 0 Å². The maximum atomic E-state index is 12.1. The number of carbonyl (C=O) groups is 2. The number of benzene rings is 2.